The summed E-state index contributed by atoms with van der Waals surface area (Å²) in [6.45, 7) is 4.17. The third-order valence-electron chi connectivity index (χ3n) is 3.09. The van der Waals surface area contributed by atoms with Crippen molar-refractivity contribution < 1.29 is 4.74 Å². The van der Waals surface area contributed by atoms with E-state index in [9.17, 15) is 0 Å². The van der Waals surface area contributed by atoms with Gasteiger partial charge in [0.15, 0.2) is 0 Å². The summed E-state index contributed by atoms with van der Waals surface area (Å²) in [4.78, 5) is 4.21. The number of benzene rings is 1. The monoisotopic (exact) mass is 274 g/mol. The Morgan fingerprint density at radius 3 is 2.58 bits per heavy atom. The predicted molar refractivity (Wildman–Crippen MR) is 82.8 cm³/mol. The highest BCUT2D eigenvalue weighted by Gasteiger charge is 2.11. The molecule has 0 bridgehead atoms. The second-order valence-electron chi connectivity index (χ2n) is 4.36. The van der Waals surface area contributed by atoms with Crippen molar-refractivity contribution in [2.45, 2.75) is 13.8 Å². The van der Waals surface area contributed by atoms with Crippen LogP contribution in [0.4, 0.5) is 5.69 Å². The van der Waals surface area contributed by atoms with Crippen LogP contribution in [0.15, 0.2) is 30.6 Å². The van der Waals surface area contributed by atoms with E-state index in [1.807, 2.05) is 30.8 Å². The average molecular weight is 274 g/mol. The highest BCUT2D eigenvalue weighted by molar-refractivity contribution is 7.99. The van der Waals surface area contributed by atoms with E-state index in [-0.39, 0.29) is 0 Å². The van der Waals surface area contributed by atoms with Gasteiger partial charge in [-0.1, -0.05) is 11.9 Å². The molecule has 0 radical (unpaired) electrons. The number of hydrogen-bond acceptors (Lipinski definition) is 4. The van der Waals surface area contributed by atoms with Gasteiger partial charge in [0, 0.05) is 35.8 Å². The van der Waals surface area contributed by atoms with Crippen molar-refractivity contribution in [2.24, 2.45) is 0 Å². The number of methoxy groups -OCH3 is 1. The van der Waals surface area contributed by atoms with E-state index in [1.54, 1.807) is 19.1 Å². The first-order chi connectivity index (χ1) is 9.17. The SMILES string of the molecule is COc1cc(NSC)c(C)cc1-c1cnccc1C. The summed E-state index contributed by atoms with van der Waals surface area (Å²) in [7, 11) is 1.70. The molecule has 1 aromatic carbocycles. The van der Waals surface area contributed by atoms with Crippen molar-refractivity contribution in [3.63, 3.8) is 0 Å². The van der Waals surface area contributed by atoms with Crippen LogP contribution < -0.4 is 9.46 Å². The molecule has 2 aromatic rings. The lowest BCUT2D eigenvalue weighted by Crippen LogP contribution is -1.95. The molecular formula is C15H18N2OS. The quantitative estimate of drug-likeness (QED) is 0.852. The average Bonchev–Trinajstić information content (AvgIpc) is 2.41. The number of pyridine rings is 1. The van der Waals surface area contributed by atoms with Crippen LogP contribution in [0.2, 0.25) is 0 Å². The summed E-state index contributed by atoms with van der Waals surface area (Å²) in [5, 5.41) is 0. The van der Waals surface area contributed by atoms with E-state index < -0.39 is 0 Å². The van der Waals surface area contributed by atoms with Crippen molar-refractivity contribution in [3.8, 4) is 16.9 Å². The molecule has 1 aromatic heterocycles. The number of rotatable bonds is 4. The Labute approximate surface area is 118 Å². The lowest BCUT2D eigenvalue weighted by molar-refractivity contribution is 0.416. The highest BCUT2D eigenvalue weighted by atomic mass is 32.2. The molecule has 0 aliphatic heterocycles. The van der Waals surface area contributed by atoms with Crippen LogP contribution >= 0.6 is 11.9 Å². The number of aromatic nitrogens is 1. The number of nitrogens with zero attached hydrogens (tertiary/aromatic N) is 1. The Bertz CT molecular complexity index is 584. The van der Waals surface area contributed by atoms with Gasteiger partial charge < -0.3 is 9.46 Å². The molecule has 100 valence electrons. The van der Waals surface area contributed by atoms with Gasteiger partial charge in [0.25, 0.3) is 0 Å². The van der Waals surface area contributed by atoms with Crippen molar-refractivity contribution in [3.05, 3.63) is 41.7 Å². The zero-order valence-electron chi connectivity index (χ0n) is 11.7. The molecule has 0 amide bonds. The van der Waals surface area contributed by atoms with Crippen LogP contribution in [0.5, 0.6) is 5.75 Å². The van der Waals surface area contributed by atoms with Gasteiger partial charge in [0.05, 0.1) is 12.8 Å². The first-order valence-corrected chi connectivity index (χ1v) is 7.28. The summed E-state index contributed by atoms with van der Waals surface area (Å²) >= 11 is 1.57. The van der Waals surface area contributed by atoms with Crippen LogP contribution in [-0.2, 0) is 0 Å². The Hall–Kier alpha value is -1.68. The second kappa shape index (κ2) is 5.97. The molecule has 1 heterocycles. The van der Waals surface area contributed by atoms with Crippen LogP contribution in [0.1, 0.15) is 11.1 Å². The van der Waals surface area contributed by atoms with Gasteiger partial charge in [-0.2, -0.15) is 0 Å². The minimum atomic E-state index is 0.859. The predicted octanol–water partition coefficient (Wildman–Crippen LogP) is 4.06. The summed E-state index contributed by atoms with van der Waals surface area (Å²) in [5.74, 6) is 0.859. The molecule has 1 N–H and O–H groups in total. The maximum absolute atomic E-state index is 5.52. The van der Waals surface area contributed by atoms with E-state index in [0.717, 1.165) is 22.6 Å². The number of anilines is 1. The van der Waals surface area contributed by atoms with Gasteiger partial charge in [-0.15, -0.1) is 0 Å². The minimum Gasteiger partial charge on any atom is -0.496 e. The Balaban J connectivity index is 2.58. The molecule has 3 nitrogen and oxygen atoms in total. The van der Waals surface area contributed by atoms with Gasteiger partial charge in [0.2, 0.25) is 0 Å². The third kappa shape index (κ3) is 2.84. The van der Waals surface area contributed by atoms with E-state index in [1.165, 1.54) is 11.1 Å². The molecule has 4 heteroatoms. The summed E-state index contributed by atoms with van der Waals surface area (Å²) < 4.78 is 8.78. The maximum atomic E-state index is 5.52. The fourth-order valence-electron chi connectivity index (χ4n) is 2.03. The Kier molecular flexibility index (Phi) is 4.32. The van der Waals surface area contributed by atoms with E-state index in [2.05, 4.69) is 29.6 Å². The summed E-state index contributed by atoms with van der Waals surface area (Å²) in [6.07, 6.45) is 5.70. The van der Waals surface area contributed by atoms with E-state index in [0.29, 0.717) is 0 Å². The molecule has 0 unspecified atom stereocenters. The molecule has 19 heavy (non-hydrogen) atoms. The topological polar surface area (TPSA) is 34.1 Å². The molecule has 0 spiro atoms. The van der Waals surface area contributed by atoms with Crippen molar-refractivity contribution in [1.29, 1.82) is 0 Å². The molecule has 0 saturated heterocycles. The molecule has 2 rings (SSSR count). The van der Waals surface area contributed by atoms with Gasteiger partial charge in [-0.3, -0.25) is 4.98 Å². The number of nitrogens with one attached hydrogen (secondary N) is 1. The highest BCUT2D eigenvalue weighted by Crippen LogP contribution is 2.36. The third-order valence-corrected chi connectivity index (χ3v) is 3.51. The first kappa shape index (κ1) is 13.7. The molecule has 0 aliphatic rings. The van der Waals surface area contributed by atoms with Gasteiger partial charge in [-0.05, 0) is 37.1 Å². The number of ether oxygens (including phenoxy) is 1. The lowest BCUT2D eigenvalue weighted by Gasteiger charge is -2.15. The first-order valence-electron chi connectivity index (χ1n) is 6.06. The molecule has 0 fully saturated rings. The zero-order valence-corrected chi connectivity index (χ0v) is 12.5. The molecule has 0 atom stereocenters. The fourth-order valence-corrected chi connectivity index (χ4v) is 2.47. The zero-order chi connectivity index (χ0) is 13.8. The second-order valence-corrected chi connectivity index (χ2v) is 4.98. The molecule has 0 aliphatic carbocycles. The van der Waals surface area contributed by atoms with Crippen LogP contribution in [0, 0.1) is 13.8 Å². The Morgan fingerprint density at radius 2 is 1.95 bits per heavy atom. The smallest absolute Gasteiger partial charge is 0.128 e. The minimum absolute atomic E-state index is 0.859. The number of hydrogen-bond donors (Lipinski definition) is 1. The van der Waals surface area contributed by atoms with Gasteiger partial charge >= 0.3 is 0 Å². The van der Waals surface area contributed by atoms with Gasteiger partial charge in [-0.25, -0.2) is 0 Å². The largest absolute Gasteiger partial charge is 0.496 e. The van der Waals surface area contributed by atoms with E-state index >= 15 is 0 Å². The van der Waals surface area contributed by atoms with Crippen LogP contribution in [-0.4, -0.2) is 18.3 Å². The lowest BCUT2D eigenvalue weighted by atomic mass is 9.99. The van der Waals surface area contributed by atoms with Gasteiger partial charge in [0.1, 0.15) is 5.75 Å². The Morgan fingerprint density at radius 1 is 1.16 bits per heavy atom. The standard InChI is InChI=1S/C15H18N2OS/c1-10-5-6-16-9-13(10)12-7-11(2)14(17-19-4)8-15(12)18-3/h5-9,17H,1-4H3. The van der Waals surface area contributed by atoms with Crippen LogP contribution in [0.3, 0.4) is 0 Å². The molecule has 0 saturated carbocycles. The van der Waals surface area contributed by atoms with Crippen molar-refractivity contribution in [2.75, 3.05) is 18.1 Å². The fraction of sp³-hybridized carbons (Fsp3) is 0.267. The maximum Gasteiger partial charge on any atom is 0.128 e. The van der Waals surface area contributed by atoms with Crippen LogP contribution in [0.25, 0.3) is 11.1 Å². The van der Waals surface area contributed by atoms with E-state index in [4.69, 9.17) is 4.74 Å². The van der Waals surface area contributed by atoms with Crippen molar-refractivity contribution >= 4 is 17.6 Å². The normalized spacial score (nSPS) is 10.3. The summed E-state index contributed by atoms with van der Waals surface area (Å²) in [6, 6.07) is 6.19. The van der Waals surface area contributed by atoms with Crippen molar-refractivity contribution in [1.82, 2.24) is 4.98 Å². The number of aryl methyl sites for hydroxylation is 2. The summed E-state index contributed by atoms with van der Waals surface area (Å²) in [5.41, 5.74) is 5.65. The molecular weight excluding hydrogens is 256 g/mol.